The van der Waals surface area contributed by atoms with E-state index < -0.39 is 5.97 Å². The Labute approximate surface area is 174 Å². The largest absolute Gasteiger partial charge is 0.493 e. The van der Waals surface area contributed by atoms with Crippen molar-refractivity contribution in [2.75, 3.05) is 7.11 Å². The first kappa shape index (κ1) is 19.1. The second kappa shape index (κ2) is 8.41. The number of para-hydroxylation sites is 3. The summed E-state index contributed by atoms with van der Waals surface area (Å²) >= 11 is 6.04. The summed E-state index contributed by atoms with van der Waals surface area (Å²) in [5.41, 5.74) is 2.18. The van der Waals surface area contributed by atoms with Crippen molar-refractivity contribution in [1.82, 2.24) is 0 Å². The number of ether oxygens (including phenoxy) is 3. The highest BCUT2D eigenvalue weighted by Gasteiger charge is 2.26. The highest BCUT2D eigenvalue weighted by molar-refractivity contribution is 6.30. The molecule has 0 aromatic heterocycles. The Morgan fingerprint density at radius 2 is 1.69 bits per heavy atom. The minimum absolute atomic E-state index is 0.0579. The van der Waals surface area contributed by atoms with E-state index in [2.05, 4.69) is 0 Å². The molecule has 3 aromatic rings. The SMILES string of the molecule is COc1ccccc1OC(=O)/C=C1\C[C@H](c2ccc(Cl)cc2)c2ccccc2O1. The summed E-state index contributed by atoms with van der Waals surface area (Å²) in [6.07, 6.45) is 1.94. The van der Waals surface area contributed by atoms with Crippen molar-refractivity contribution in [1.29, 1.82) is 0 Å². The van der Waals surface area contributed by atoms with Gasteiger partial charge in [0.25, 0.3) is 0 Å². The zero-order valence-corrected chi connectivity index (χ0v) is 16.6. The van der Waals surface area contributed by atoms with Gasteiger partial charge in [-0.1, -0.05) is 54.1 Å². The van der Waals surface area contributed by atoms with Gasteiger partial charge in [0.15, 0.2) is 11.5 Å². The number of esters is 1. The normalized spacial score (nSPS) is 16.6. The molecule has 0 N–H and O–H groups in total. The van der Waals surface area contributed by atoms with E-state index in [-0.39, 0.29) is 5.92 Å². The molecular formula is C24H19ClO4. The molecule has 5 heteroatoms. The smallest absolute Gasteiger partial charge is 0.339 e. The highest BCUT2D eigenvalue weighted by atomic mass is 35.5. The molecule has 146 valence electrons. The maximum atomic E-state index is 12.5. The molecule has 29 heavy (non-hydrogen) atoms. The minimum atomic E-state index is -0.515. The molecule has 0 aliphatic carbocycles. The number of benzene rings is 3. The Kier molecular flexibility index (Phi) is 5.54. The zero-order chi connectivity index (χ0) is 20.2. The highest BCUT2D eigenvalue weighted by Crippen LogP contribution is 2.41. The standard InChI is InChI=1S/C24H19ClO4/c1-27-22-8-4-5-9-23(22)29-24(26)15-18-14-20(16-10-12-17(25)13-11-16)19-6-2-3-7-21(19)28-18/h2-13,15,20H,14H2,1H3/b18-15+/t20-/m1/s1. The first-order valence-electron chi connectivity index (χ1n) is 9.21. The third-order valence-corrected chi connectivity index (χ3v) is 5.02. The lowest BCUT2D eigenvalue weighted by molar-refractivity contribution is -0.129. The first-order chi connectivity index (χ1) is 14.1. The van der Waals surface area contributed by atoms with Crippen molar-refractivity contribution >= 4 is 17.6 Å². The Hall–Kier alpha value is -3.24. The Balaban J connectivity index is 1.61. The monoisotopic (exact) mass is 406 g/mol. The van der Waals surface area contributed by atoms with Crippen LogP contribution in [0.4, 0.5) is 0 Å². The lowest BCUT2D eigenvalue weighted by Crippen LogP contribution is -2.16. The second-order valence-electron chi connectivity index (χ2n) is 6.63. The summed E-state index contributed by atoms with van der Waals surface area (Å²) in [5.74, 6) is 1.68. The number of hydrogen-bond donors (Lipinski definition) is 0. The Bertz CT molecular complexity index is 1060. The van der Waals surface area contributed by atoms with Crippen LogP contribution in [0.15, 0.2) is 84.6 Å². The van der Waals surface area contributed by atoms with Crippen LogP contribution in [0.5, 0.6) is 17.2 Å². The van der Waals surface area contributed by atoms with Gasteiger partial charge in [-0.3, -0.25) is 0 Å². The summed E-state index contributed by atoms with van der Waals surface area (Å²) in [6.45, 7) is 0. The van der Waals surface area contributed by atoms with Gasteiger partial charge < -0.3 is 14.2 Å². The summed E-state index contributed by atoms with van der Waals surface area (Å²) in [5, 5.41) is 0.685. The molecule has 1 aliphatic rings. The van der Waals surface area contributed by atoms with E-state index in [1.807, 2.05) is 54.6 Å². The van der Waals surface area contributed by atoms with Crippen LogP contribution in [0, 0.1) is 0 Å². The van der Waals surface area contributed by atoms with Gasteiger partial charge in [0.2, 0.25) is 0 Å². The predicted molar refractivity (Wildman–Crippen MR) is 112 cm³/mol. The summed E-state index contributed by atoms with van der Waals surface area (Å²) < 4.78 is 16.6. The van der Waals surface area contributed by atoms with E-state index in [0.29, 0.717) is 28.7 Å². The van der Waals surface area contributed by atoms with Gasteiger partial charge >= 0.3 is 5.97 Å². The number of methoxy groups -OCH3 is 1. The number of carbonyl (C=O) groups excluding carboxylic acids is 1. The van der Waals surface area contributed by atoms with Crippen LogP contribution in [-0.2, 0) is 4.79 Å². The third-order valence-electron chi connectivity index (χ3n) is 4.77. The van der Waals surface area contributed by atoms with Crippen LogP contribution in [0.25, 0.3) is 0 Å². The topological polar surface area (TPSA) is 44.8 Å². The Morgan fingerprint density at radius 3 is 2.45 bits per heavy atom. The number of rotatable bonds is 4. The number of halogens is 1. The lowest BCUT2D eigenvalue weighted by atomic mass is 9.85. The van der Waals surface area contributed by atoms with Gasteiger partial charge in [-0.25, -0.2) is 4.79 Å². The predicted octanol–water partition coefficient (Wildman–Crippen LogP) is 5.75. The van der Waals surface area contributed by atoms with Crippen LogP contribution in [-0.4, -0.2) is 13.1 Å². The van der Waals surface area contributed by atoms with E-state index in [4.69, 9.17) is 25.8 Å². The summed E-state index contributed by atoms with van der Waals surface area (Å²) in [6, 6.07) is 22.6. The molecule has 3 aromatic carbocycles. The number of allylic oxidation sites excluding steroid dienone is 1. The van der Waals surface area contributed by atoms with Gasteiger partial charge in [-0.2, -0.15) is 0 Å². The van der Waals surface area contributed by atoms with Crippen molar-refractivity contribution < 1.29 is 19.0 Å². The van der Waals surface area contributed by atoms with E-state index in [9.17, 15) is 4.79 Å². The molecule has 0 spiro atoms. The van der Waals surface area contributed by atoms with Crippen LogP contribution in [0.3, 0.4) is 0 Å². The average molecular weight is 407 g/mol. The first-order valence-corrected chi connectivity index (χ1v) is 9.59. The molecule has 4 nitrogen and oxygen atoms in total. The molecule has 4 rings (SSSR count). The lowest BCUT2D eigenvalue weighted by Gasteiger charge is -2.28. The van der Waals surface area contributed by atoms with Gasteiger partial charge in [0.05, 0.1) is 13.2 Å². The van der Waals surface area contributed by atoms with Crippen LogP contribution in [0.2, 0.25) is 5.02 Å². The number of carbonyl (C=O) groups is 1. The van der Waals surface area contributed by atoms with Crippen molar-refractivity contribution in [3.8, 4) is 17.2 Å². The second-order valence-corrected chi connectivity index (χ2v) is 7.07. The molecule has 1 atom stereocenters. The molecular weight excluding hydrogens is 388 g/mol. The number of hydrogen-bond acceptors (Lipinski definition) is 4. The molecule has 0 fully saturated rings. The van der Waals surface area contributed by atoms with E-state index >= 15 is 0 Å². The fourth-order valence-electron chi connectivity index (χ4n) is 3.41. The van der Waals surface area contributed by atoms with Gasteiger partial charge in [-0.05, 0) is 35.9 Å². The molecule has 1 heterocycles. The summed E-state index contributed by atoms with van der Waals surface area (Å²) in [4.78, 5) is 12.5. The average Bonchev–Trinajstić information content (AvgIpc) is 2.74. The minimum Gasteiger partial charge on any atom is -0.493 e. The van der Waals surface area contributed by atoms with E-state index in [0.717, 1.165) is 16.9 Å². The van der Waals surface area contributed by atoms with Crippen molar-refractivity contribution in [3.63, 3.8) is 0 Å². The van der Waals surface area contributed by atoms with E-state index in [1.165, 1.54) is 13.2 Å². The van der Waals surface area contributed by atoms with E-state index in [1.54, 1.807) is 18.2 Å². The summed E-state index contributed by atoms with van der Waals surface area (Å²) in [7, 11) is 1.53. The maximum absolute atomic E-state index is 12.5. The molecule has 0 bridgehead atoms. The molecule has 0 saturated heterocycles. The zero-order valence-electron chi connectivity index (χ0n) is 15.8. The van der Waals surface area contributed by atoms with Gasteiger partial charge in [0, 0.05) is 22.9 Å². The quantitative estimate of drug-likeness (QED) is 0.314. The van der Waals surface area contributed by atoms with Crippen LogP contribution >= 0.6 is 11.6 Å². The fraction of sp³-hybridized carbons (Fsp3) is 0.125. The Morgan fingerprint density at radius 1 is 1.00 bits per heavy atom. The van der Waals surface area contributed by atoms with Gasteiger partial charge in [-0.15, -0.1) is 0 Å². The maximum Gasteiger partial charge on any atom is 0.339 e. The molecule has 1 aliphatic heterocycles. The van der Waals surface area contributed by atoms with Gasteiger partial charge in [0.1, 0.15) is 11.5 Å². The molecule has 0 radical (unpaired) electrons. The third kappa shape index (κ3) is 4.28. The van der Waals surface area contributed by atoms with Crippen molar-refractivity contribution in [3.05, 3.63) is 101 Å². The molecule has 0 amide bonds. The number of fused-ring (bicyclic) bond motifs is 1. The molecule has 0 saturated carbocycles. The van der Waals surface area contributed by atoms with Crippen molar-refractivity contribution in [2.45, 2.75) is 12.3 Å². The van der Waals surface area contributed by atoms with Crippen molar-refractivity contribution in [2.24, 2.45) is 0 Å². The van der Waals surface area contributed by atoms with Crippen LogP contribution in [0.1, 0.15) is 23.5 Å². The van der Waals surface area contributed by atoms with Crippen LogP contribution < -0.4 is 14.2 Å². The fourth-order valence-corrected chi connectivity index (χ4v) is 3.53. The molecule has 0 unspecified atom stereocenters.